The maximum absolute atomic E-state index is 12.3. The van der Waals surface area contributed by atoms with E-state index >= 15 is 0 Å². The van der Waals surface area contributed by atoms with Crippen molar-refractivity contribution in [2.75, 3.05) is 20.3 Å². The highest BCUT2D eigenvalue weighted by Crippen LogP contribution is 2.24. The summed E-state index contributed by atoms with van der Waals surface area (Å²) in [5, 5.41) is 11.9. The smallest absolute Gasteiger partial charge is 0.257 e. The Morgan fingerprint density at radius 1 is 1.00 bits per heavy atom. The second-order valence-corrected chi connectivity index (χ2v) is 7.19. The van der Waals surface area contributed by atoms with E-state index in [1.807, 2.05) is 73.7 Å². The molecule has 0 aliphatic carbocycles. The van der Waals surface area contributed by atoms with E-state index in [1.165, 1.54) is 0 Å². The van der Waals surface area contributed by atoms with Gasteiger partial charge >= 0.3 is 0 Å². The van der Waals surface area contributed by atoms with Gasteiger partial charge in [0.15, 0.2) is 6.61 Å². The predicted octanol–water partition coefficient (Wildman–Crippen LogP) is 3.48. The van der Waals surface area contributed by atoms with Crippen molar-refractivity contribution in [3.05, 3.63) is 77.9 Å². The van der Waals surface area contributed by atoms with Crippen molar-refractivity contribution < 1.29 is 14.3 Å². The van der Waals surface area contributed by atoms with Gasteiger partial charge < -0.3 is 14.8 Å². The number of ether oxygens (including phenoxy) is 2. The zero-order valence-corrected chi connectivity index (χ0v) is 17.5. The van der Waals surface area contributed by atoms with Gasteiger partial charge in [-0.1, -0.05) is 30.3 Å². The first-order valence-electron chi connectivity index (χ1n) is 10.1. The van der Waals surface area contributed by atoms with Crippen LogP contribution in [0.5, 0.6) is 11.5 Å². The van der Waals surface area contributed by atoms with Crippen LogP contribution in [0.3, 0.4) is 0 Å². The monoisotopic (exact) mass is 416 g/mol. The van der Waals surface area contributed by atoms with Crippen LogP contribution < -0.4 is 14.8 Å². The maximum atomic E-state index is 12.3. The van der Waals surface area contributed by atoms with Crippen molar-refractivity contribution in [3.8, 4) is 17.2 Å². The summed E-state index contributed by atoms with van der Waals surface area (Å²) in [7, 11) is 1.64. The summed E-state index contributed by atoms with van der Waals surface area (Å²) in [5.41, 5.74) is 4.46. The van der Waals surface area contributed by atoms with Crippen molar-refractivity contribution in [3.63, 3.8) is 0 Å². The summed E-state index contributed by atoms with van der Waals surface area (Å²) in [4.78, 5) is 13.8. The molecule has 4 aromatic rings. The molecule has 4 rings (SSSR count). The zero-order chi connectivity index (χ0) is 21.6. The molecule has 0 aliphatic rings. The second-order valence-electron chi connectivity index (χ2n) is 7.19. The van der Waals surface area contributed by atoms with Crippen LogP contribution >= 0.6 is 0 Å². The molecule has 0 aliphatic heterocycles. The SMILES string of the molecule is COc1ccc(CCNC(=O)COc2ccc(C)cc2-n2nc3ccccc3n2)cc1. The van der Waals surface area contributed by atoms with E-state index in [1.54, 1.807) is 11.9 Å². The van der Waals surface area contributed by atoms with E-state index in [9.17, 15) is 4.79 Å². The Balaban J connectivity index is 1.37. The molecule has 0 saturated heterocycles. The fraction of sp³-hybridized carbons (Fsp3) is 0.208. The highest BCUT2D eigenvalue weighted by molar-refractivity contribution is 5.77. The summed E-state index contributed by atoms with van der Waals surface area (Å²) in [5.74, 6) is 1.18. The lowest BCUT2D eigenvalue weighted by molar-refractivity contribution is -0.123. The predicted molar refractivity (Wildman–Crippen MR) is 119 cm³/mol. The first-order chi connectivity index (χ1) is 15.1. The minimum atomic E-state index is -0.182. The number of rotatable bonds is 8. The summed E-state index contributed by atoms with van der Waals surface area (Å²) in [6.07, 6.45) is 0.731. The van der Waals surface area contributed by atoms with Gasteiger partial charge in [0, 0.05) is 6.54 Å². The molecule has 0 fully saturated rings. The van der Waals surface area contributed by atoms with Crippen LogP contribution in [0.4, 0.5) is 0 Å². The highest BCUT2D eigenvalue weighted by Gasteiger charge is 2.12. The van der Waals surface area contributed by atoms with E-state index < -0.39 is 0 Å². The van der Waals surface area contributed by atoms with Gasteiger partial charge in [0.1, 0.15) is 28.2 Å². The molecule has 0 unspecified atom stereocenters. The molecule has 0 radical (unpaired) electrons. The minimum Gasteiger partial charge on any atom is -0.497 e. The zero-order valence-electron chi connectivity index (χ0n) is 17.5. The molecule has 158 valence electrons. The number of nitrogens with one attached hydrogen (secondary N) is 1. The Labute approximate surface area is 180 Å². The van der Waals surface area contributed by atoms with Gasteiger partial charge in [0.05, 0.1) is 7.11 Å². The van der Waals surface area contributed by atoms with E-state index in [0.29, 0.717) is 18.0 Å². The third-order valence-corrected chi connectivity index (χ3v) is 4.87. The lowest BCUT2D eigenvalue weighted by Gasteiger charge is -2.12. The molecule has 7 nitrogen and oxygen atoms in total. The van der Waals surface area contributed by atoms with Gasteiger partial charge in [-0.15, -0.1) is 15.0 Å². The number of hydrogen-bond acceptors (Lipinski definition) is 5. The molecular formula is C24H24N4O3. The minimum absolute atomic E-state index is 0.0839. The summed E-state index contributed by atoms with van der Waals surface area (Å²) >= 11 is 0. The van der Waals surface area contributed by atoms with E-state index in [2.05, 4.69) is 15.5 Å². The molecule has 1 heterocycles. The summed E-state index contributed by atoms with van der Waals surface area (Å²) in [6.45, 7) is 2.43. The van der Waals surface area contributed by atoms with Crippen LogP contribution in [0.25, 0.3) is 16.7 Å². The number of fused-ring (bicyclic) bond motifs is 1. The van der Waals surface area contributed by atoms with Gasteiger partial charge in [-0.05, 0) is 60.9 Å². The number of amides is 1. The molecule has 1 aromatic heterocycles. The number of hydrogen-bond donors (Lipinski definition) is 1. The summed E-state index contributed by atoms with van der Waals surface area (Å²) in [6, 6.07) is 21.2. The van der Waals surface area contributed by atoms with Gasteiger partial charge in [-0.3, -0.25) is 4.79 Å². The largest absolute Gasteiger partial charge is 0.497 e. The normalized spacial score (nSPS) is 10.8. The number of aryl methyl sites for hydroxylation is 1. The maximum Gasteiger partial charge on any atom is 0.257 e. The van der Waals surface area contributed by atoms with Crippen molar-refractivity contribution in [2.24, 2.45) is 0 Å². The average molecular weight is 416 g/mol. The van der Waals surface area contributed by atoms with E-state index in [0.717, 1.165) is 34.3 Å². The van der Waals surface area contributed by atoms with Gasteiger partial charge in [-0.2, -0.15) is 0 Å². The molecule has 31 heavy (non-hydrogen) atoms. The fourth-order valence-electron chi connectivity index (χ4n) is 3.21. The lowest BCUT2D eigenvalue weighted by Crippen LogP contribution is -2.30. The van der Waals surface area contributed by atoms with Crippen LogP contribution in [0, 0.1) is 6.92 Å². The molecule has 7 heteroatoms. The van der Waals surface area contributed by atoms with Crippen LogP contribution in [-0.2, 0) is 11.2 Å². The van der Waals surface area contributed by atoms with Crippen molar-refractivity contribution in [1.29, 1.82) is 0 Å². The molecule has 0 spiro atoms. The molecule has 1 N–H and O–H groups in total. The van der Waals surface area contributed by atoms with Crippen molar-refractivity contribution in [2.45, 2.75) is 13.3 Å². The average Bonchev–Trinajstić information content (AvgIpc) is 3.23. The fourth-order valence-corrected chi connectivity index (χ4v) is 3.21. The van der Waals surface area contributed by atoms with Crippen molar-refractivity contribution >= 4 is 16.9 Å². The third kappa shape index (κ3) is 5.01. The van der Waals surface area contributed by atoms with Gasteiger partial charge in [0.25, 0.3) is 5.91 Å². The standard InChI is InChI=1S/C24H24N4O3/c1-17-7-12-23(22(15-17)28-26-20-5-3-4-6-21(20)27-28)31-16-24(29)25-14-13-18-8-10-19(30-2)11-9-18/h3-12,15H,13-14,16H2,1-2H3,(H,25,29). The van der Waals surface area contributed by atoms with E-state index in [-0.39, 0.29) is 12.5 Å². The Hall–Kier alpha value is -3.87. The number of benzene rings is 3. The molecule has 0 bridgehead atoms. The Kier molecular flexibility index (Phi) is 6.12. The first kappa shape index (κ1) is 20.4. The molecule has 0 saturated carbocycles. The second kappa shape index (κ2) is 9.30. The Morgan fingerprint density at radius 3 is 2.39 bits per heavy atom. The topological polar surface area (TPSA) is 78.3 Å². The molecule has 0 atom stereocenters. The van der Waals surface area contributed by atoms with Crippen LogP contribution in [0.1, 0.15) is 11.1 Å². The van der Waals surface area contributed by atoms with Crippen LogP contribution in [0.15, 0.2) is 66.7 Å². The summed E-state index contributed by atoms with van der Waals surface area (Å²) < 4.78 is 11.0. The molecule has 3 aromatic carbocycles. The van der Waals surface area contributed by atoms with Crippen molar-refractivity contribution in [1.82, 2.24) is 20.3 Å². The quantitative estimate of drug-likeness (QED) is 0.476. The number of methoxy groups -OCH3 is 1. The Morgan fingerprint density at radius 2 is 1.71 bits per heavy atom. The van der Waals surface area contributed by atoms with Crippen LogP contribution in [0.2, 0.25) is 0 Å². The first-order valence-corrected chi connectivity index (χ1v) is 10.1. The number of carbonyl (C=O) groups is 1. The van der Waals surface area contributed by atoms with E-state index in [4.69, 9.17) is 9.47 Å². The number of carbonyl (C=O) groups excluding carboxylic acids is 1. The number of nitrogens with zero attached hydrogens (tertiary/aromatic N) is 3. The lowest BCUT2D eigenvalue weighted by atomic mass is 10.1. The number of aromatic nitrogens is 3. The Bertz CT molecular complexity index is 1150. The van der Waals surface area contributed by atoms with Crippen LogP contribution in [-0.4, -0.2) is 41.2 Å². The third-order valence-electron chi connectivity index (χ3n) is 4.87. The van der Waals surface area contributed by atoms with Gasteiger partial charge in [0.2, 0.25) is 0 Å². The van der Waals surface area contributed by atoms with Gasteiger partial charge in [-0.25, -0.2) is 0 Å². The molecule has 1 amide bonds. The highest BCUT2D eigenvalue weighted by atomic mass is 16.5. The molecular weight excluding hydrogens is 392 g/mol.